The van der Waals surface area contributed by atoms with Crippen LogP contribution in [0, 0.1) is 0 Å². The van der Waals surface area contributed by atoms with Crippen molar-refractivity contribution in [1.29, 1.82) is 0 Å². The number of fused-ring (bicyclic) bond motifs is 5. The van der Waals surface area contributed by atoms with Crippen molar-refractivity contribution in [2.45, 2.75) is 0 Å². The summed E-state index contributed by atoms with van der Waals surface area (Å²) < 4.78 is 4.98. The zero-order valence-corrected chi connectivity index (χ0v) is 14.6. The Morgan fingerprint density at radius 3 is 2.74 bits per heavy atom. The smallest absolute Gasteiger partial charge is 0.338 e. The van der Waals surface area contributed by atoms with Crippen molar-refractivity contribution in [2.75, 3.05) is 7.11 Å². The lowest BCUT2D eigenvalue weighted by Crippen LogP contribution is -2.03. The average molecular weight is 353 g/mol. The van der Waals surface area contributed by atoms with E-state index < -0.39 is 0 Å². The molecular weight excluding hydrogens is 338 g/mol. The average Bonchev–Trinajstić information content (AvgIpc) is 3.11. The molecule has 5 rings (SSSR count). The van der Waals surface area contributed by atoms with Gasteiger partial charge in [-0.1, -0.05) is 24.3 Å². The maximum absolute atomic E-state index is 12.3. The maximum atomic E-state index is 12.3. The van der Waals surface area contributed by atoms with E-state index in [0.29, 0.717) is 5.56 Å². The monoisotopic (exact) mass is 353 g/mol. The van der Waals surface area contributed by atoms with Crippen molar-refractivity contribution in [3.8, 4) is 11.1 Å². The Kier molecular flexibility index (Phi) is 3.40. The molecule has 5 heteroatoms. The van der Waals surface area contributed by atoms with Gasteiger partial charge in [0.05, 0.1) is 18.2 Å². The lowest BCUT2D eigenvalue weighted by atomic mass is 9.94. The molecule has 0 unspecified atom stereocenters. The Morgan fingerprint density at radius 1 is 0.963 bits per heavy atom. The van der Waals surface area contributed by atoms with Crippen molar-refractivity contribution in [2.24, 2.45) is 0 Å². The van der Waals surface area contributed by atoms with Gasteiger partial charge in [0.15, 0.2) is 0 Å². The number of H-pyrrole nitrogens is 1. The molecule has 5 nitrogen and oxygen atoms in total. The molecule has 0 saturated carbocycles. The zero-order chi connectivity index (χ0) is 18.4. The van der Waals surface area contributed by atoms with Gasteiger partial charge in [-0.25, -0.2) is 4.79 Å². The zero-order valence-electron chi connectivity index (χ0n) is 14.6. The second-order valence-electron chi connectivity index (χ2n) is 6.33. The molecule has 0 saturated heterocycles. The molecule has 0 radical (unpaired) electrons. The van der Waals surface area contributed by atoms with Crippen LogP contribution in [0.2, 0.25) is 0 Å². The largest absolute Gasteiger partial charge is 0.465 e. The summed E-state index contributed by atoms with van der Waals surface area (Å²) in [6.45, 7) is 0. The molecule has 0 amide bonds. The van der Waals surface area contributed by atoms with E-state index in [2.05, 4.69) is 21.0 Å². The lowest BCUT2D eigenvalue weighted by molar-refractivity contribution is 0.0601. The molecule has 27 heavy (non-hydrogen) atoms. The van der Waals surface area contributed by atoms with Crippen LogP contribution in [0.15, 0.2) is 67.1 Å². The third-order valence-electron chi connectivity index (χ3n) is 4.87. The number of hydrogen-bond donors (Lipinski definition) is 1. The maximum Gasteiger partial charge on any atom is 0.338 e. The lowest BCUT2D eigenvalue weighted by Gasteiger charge is -2.11. The number of esters is 1. The van der Waals surface area contributed by atoms with Crippen molar-refractivity contribution in [3.05, 3.63) is 72.7 Å². The number of ether oxygens (including phenoxy) is 1. The van der Waals surface area contributed by atoms with E-state index in [0.717, 1.165) is 43.8 Å². The molecule has 3 aromatic heterocycles. The number of carbonyl (C=O) groups is 1. The van der Waals surface area contributed by atoms with E-state index in [4.69, 9.17) is 4.74 Å². The summed E-state index contributed by atoms with van der Waals surface area (Å²) in [5.74, 6) is -0.358. The molecule has 0 aliphatic rings. The quantitative estimate of drug-likeness (QED) is 0.466. The number of nitrogens with one attached hydrogen (secondary N) is 1. The number of hydrogen-bond acceptors (Lipinski definition) is 4. The molecule has 0 atom stereocenters. The van der Waals surface area contributed by atoms with Crippen LogP contribution in [0.25, 0.3) is 43.8 Å². The van der Waals surface area contributed by atoms with Gasteiger partial charge in [-0.05, 0) is 35.4 Å². The standard InChI is InChI=1S/C22H15N3O2/c1-27-22(26)15-6-3-2-5-13(15)16-11-19-20(21-14(16)7-4-9-24-21)17-12-23-10-8-18(17)25-19/h2-12,25H,1H3. The minimum atomic E-state index is -0.358. The van der Waals surface area contributed by atoms with E-state index >= 15 is 0 Å². The second kappa shape index (κ2) is 5.92. The topological polar surface area (TPSA) is 67.9 Å². The highest BCUT2D eigenvalue weighted by Crippen LogP contribution is 2.38. The van der Waals surface area contributed by atoms with Crippen LogP contribution in [0.4, 0.5) is 0 Å². The number of carbonyl (C=O) groups excluding carboxylic acids is 1. The molecule has 0 bridgehead atoms. The van der Waals surface area contributed by atoms with E-state index in [1.165, 1.54) is 7.11 Å². The summed E-state index contributed by atoms with van der Waals surface area (Å²) in [6.07, 6.45) is 5.40. The van der Waals surface area contributed by atoms with Gasteiger partial charge in [-0.2, -0.15) is 0 Å². The molecule has 5 aromatic rings. The van der Waals surface area contributed by atoms with Crippen LogP contribution in [-0.2, 0) is 4.74 Å². The van der Waals surface area contributed by atoms with Crippen LogP contribution in [-0.4, -0.2) is 28.0 Å². The predicted octanol–water partition coefficient (Wildman–Crippen LogP) is 4.72. The number of aromatic nitrogens is 3. The molecule has 0 fully saturated rings. The summed E-state index contributed by atoms with van der Waals surface area (Å²) in [5, 5.41) is 3.04. The molecule has 0 aliphatic carbocycles. The highest BCUT2D eigenvalue weighted by molar-refractivity contribution is 6.22. The van der Waals surface area contributed by atoms with Crippen LogP contribution in [0.5, 0.6) is 0 Å². The summed E-state index contributed by atoms with van der Waals surface area (Å²) >= 11 is 0. The van der Waals surface area contributed by atoms with E-state index in [9.17, 15) is 4.79 Å². The summed E-state index contributed by atoms with van der Waals surface area (Å²) in [4.78, 5) is 24.7. The van der Waals surface area contributed by atoms with Crippen LogP contribution in [0.1, 0.15) is 10.4 Å². The van der Waals surface area contributed by atoms with E-state index in [-0.39, 0.29) is 5.97 Å². The van der Waals surface area contributed by atoms with Crippen molar-refractivity contribution < 1.29 is 9.53 Å². The van der Waals surface area contributed by atoms with Gasteiger partial charge in [-0.15, -0.1) is 0 Å². The Hall–Kier alpha value is -3.73. The van der Waals surface area contributed by atoms with Crippen molar-refractivity contribution >= 4 is 38.7 Å². The van der Waals surface area contributed by atoms with E-state index in [1.54, 1.807) is 18.5 Å². The third-order valence-corrected chi connectivity index (χ3v) is 4.87. The van der Waals surface area contributed by atoms with Gasteiger partial charge in [0.25, 0.3) is 0 Å². The first-order chi connectivity index (χ1) is 13.3. The van der Waals surface area contributed by atoms with Gasteiger partial charge in [0, 0.05) is 45.8 Å². The van der Waals surface area contributed by atoms with Gasteiger partial charge >= 0.3 is 5.97 Å². The molecule has 0 spiro atoms. The Labute approximate surface area is 154 Å². The van der Waals surface area contributed by atoms with Gasteiger partial charge in [-0.3, -0.25) is 9.97 Å². The number of rotatable bonds is 2. The third kappa shape index (κ3) is 2.29. The van der Waals surface area contributed by atoms with Gasteiger partial charge in [0.1, 0.15) is 0 Å². The summed E-state index contributed by atoms with van der Waals surface area (Å²) in [7, 11) is 1.40. The van der Waals surface area contributed by atoms with Crippen LogP contribution in [0.3, 0.4) is 0 Å². The van der Waals surface area contributed by atoms with Gasteiger partial charge < -0.3 is 9.72 Å². The molecule has 0 aliphatic heterocycles. The van der Waals surface area contributed by atoms with Gasteiger partial charge in [0.2, 0.25) is 0 Å². The number of aromatic amines is 1. The van der Waals surface area contributed by atoms with Crippen molar-refractivity contribution in [3.63, 3.8) is 0 Å². The van der Waals surface area contributed by atoms with Crippen LogP contribution < -0.4 is 0 Å². The summed E-state index contributed by atoms with van der Waals surface area (Å²) in [5.41, 5.74) is 5.13. The first-order valence-electron chi connectivity index (χ1n) is 8.59. The minimum absolute atomic E-state index is 0.358. The molecular formula is C22H15N3O2. The number of nitrogens with zero attached hydrogens (tertiary/aromatic N) is 2. The highest BCUT2D eigenvalue weighted by Gasteiger charge is 2.18. The number of pyridine rings is 2. The first kappa shape index (κ1) is 15.5. The summed E-state index contributed by atoms with van der Waals surface area (Å²) in [6, 6.07) is 15.4. The Morgan fingerprint density at radius 2 is 1.85 bits per heavy atom. The number of benzene rings is 2. The predicted molar refractivity (Wildman–Crippen MR) is 106 cm³/mol. The minimum Gasteiger partial charge on any atom is -0.465 e. The first-order valence-corrected chi connectivity index (χ1v) is 8.59. The fourth-order valence-electron chi connectivity index (χ4n) is 3.69. The second-order valence-corrected chi connectivity index (χ2v) is 6.33. The number of methoxy groups -OCH3 is 1. The Bertz CT molecular complexity index is 1340. The highest BCUT2D eigenvalue weighted by atomic mass is 16.5. The SMILES string of the molecule is COC(=O)c1ccccc1-c1cc2[nH]c3ccncc3c2c2ncccc12. The van der Waals surface area contributed by atoms with Crippen molar-refractivity contribution in [1.82, 2.24) is 15.0 Å². The fourth-order valence-corrected chi connectivity index (χ4v) is 3.69. The molecule has 2 aromatic carbocycles. The van der Waals surface area contributed by atoms with E-state index in [1.807, 2.05) is 42.6 Å². The normalized spacial score (nSPS) is 11.3. The molecule has 1 N–H and O–H groups in total. The molecule has 3 heterocycles. The fraction of sp³-hybridized carbons (Fsp3) is 0.0455. The van der Waals surface area contributed by atoms with Crippen LogP contribution >= 0.6 is 0 Å². The molecule has 130 valence electrons. The Balaban J connectivity index is 1.94.